The third kappa shape index (κ3) is 2.90. The summed E-state index contributed by atoms with van der Waals surface area (Å²) >= 11 is 7.49. The zero-order valence-corrected chi connectivity index (χ0v) is 15.3. The monoisotopic (exact) mass is 383 g/mol. The number of amides is 1. The van der Waals surface area contributed by atoms with Crippen molar-refractivity contribution in [2.24, 2.45) is 10.7 Å². The van der Waals surface area contributed by atoms with Crippen LogP contribution in [0.5, 0.6) is 0 Å². The number of nitrogens with zero attached hydrogens (tertiary/aromatic N) is 2. The Balaban J connectivity index is 1.98. The summed E-state index contributed by atoms with van der Waals surface area (Å²) in [7, 11) is 0. The van der Waals surface area contributed by atoms with Gasteiger partial charge in [0, 0.05) is 15.3 Å². The molecule has 5 nitrogen and oxygen atoms in total. The van der Waals surface area contributed by atoms with E-state index in [1.807, 2.05) is 0 Å². The van der Waals surface area contributed by atoms with Gasteiger partial charge in [-0.15, -0.1) is 11.3 Å². The Morgan fingerprint density at radius 1 is 1.31 bits per heavy atom. The van der Waals surface area contributed by atoms with E-state index >= 15 is 0 Å². The molecule has 0 spiro atoms. The van der Waals surface area contributed by atoms with Gasteiger partial charge in [0.15, 0.2) is 0 Å². The molecule has 130 valence electrons. The highest BCUT2D eigenvalue weighted by atomic mass is 35.5. The summed E-state index contributed by atoms with van der Waals surface area (Å²) in [4.78, 5) is 17.6. The van der Waals surface area contributed by atoms with E-state index in [2.05, 4.69) is 11.1 Å². The number of hydrogen-bond acceptors (Lipinski definition) is 5. The van der Waals surface area contributed by atoms with Gasteiger partial charge >= 0.3 is 0 Å². The molecule has 1 aliphatic rings. The number of carbonyl (C=O) groups excluding carboxylic acids is 1. The fraction of sp³-hybridized carbons (Fsp3) is 0.211. The van der Waals surface area contributed by atoms with E-state index in [9.17, 15) is 10.1 Å². The molecule has 0 atom stereocenters. The number of fused-ring (bicyclic) bond motifs is 2. The van der Waals surface area contributed by atoms with Gasteiger partial charge in [0.2, 0.25) is 5.55 Å². The lowest BCUT2D eigenvalue weighted by atomic mass is 9.96. The number of rotatable bonds is 2. The zero-order chi connectivity index (χ0) is 18.3. The Kier molecular flexibility index (Phi) is 4.27. The number of thiophene rings is 1. The molecule has 26 heavy (non-hydrogen) atoms. The molecule has 0 saturated carbocycles. The lowest BCUT2D eigenvalue weighted by Crippen LogP contribution is -2.21. The summed E-state index contributed by atoms with van der Waals surface area (Å²) in [6, 6.07) is 8.99. The van der Waals surface area contributed by atoms with E-state index in [-0.39, 0.29) is 11.1 Å². The Bertz CT molecular complexity index is 1150. The molecule has 3 aromatic rings. The first kappa shape index (κ1) is 16.8. The fourth-order valence-corrected chi connectivity index (χ4v) is 4.59. The highest BCUT2D eigenvalue weighted by Gasteiger charge is 2.21. The molecule has 0 bridgehead atoms. The Hall–Kier alpha value is -2.62. The van der Waals surface area contributed by atoms with Crippen LogP contribution < -0.4 is 11.3 Å². The van der Waals surface area contributed by atoms with Crippen molar-refractivity contribution in [3.8, 4) is 6.07 Å². The molecule has 0 aliphatic heterocycles. The average molecular weight is 384 g/mol. The molecule has 1 aliphatic carbocycles. The second-order valence-corrected chi connectivity index (χ2v) is 7.65. The second-order valence-electron chi connectivity index (χ2n) is 6.13. The third-order valence-corrected chi connectivity index (χ3v) is 5.86. The van der Waals surface area contributed by atoms with Crippen molar-refractivity contribution in [3.05, 3.63) is 56.4 Å². The number of primary amides is 1. The van der Waals surface area contributed by atoms with E-state index in [4.69, 9.17) is 21.8 Å². The van der Waals surface area contributed by atoms with Gasteiger partial charge in [-0.1, -0.05) is 11.6 Å². The Labute approximate surface area is 158 Å². The molecular weight excluding hydrogens is 370 g/mol. The van der Waals surface area contributed by atoms with Gasteiger partial charge in [0.25, 0.3) is 5.91 Å². The van der Waals surface area contributed by atoms with Crippen LogP contribution in [0.3, 0.4) is 0 Å². The first-order valence-electron chi connectivity index (χ1n) is 8.19. The summed E-state index contributed by atoms with van der Waals surface area (Å²) in [6.07, 6.45) is 4.04. The predicted octanol–water partition coefficient (Wildman–Crippen LogP) is 4.23. The number of benzene rings is 1. The lowest BCUT2D eigenvalue weighted by molar-refractivity contribution is 0.0996. The molecule has 2 N–H and O–H groups in total. The number of nitriles is 1. The van der Waals surface area contributed by atoms with Crippen LogP contribution in [0.1, 0.15) is 39.2 Å². The lowest BCUT2D eigenvalue weighted by Gasteiger charge is -2.09. The van der Waals surface area contributed by atoms with E-state index in [0.29, 0.717) is 26.6 Å². The summed E-state index contributed by atoms with van der Waals surface area (Å²) in [5.74, 6) is -0.644. The van der Waals surface area contributed by atoms with Crippen LogP contribution in [0.2, 0.25) is 5.02 Å². The van der Waals surface area contributed by atoms with Crippen molar-refractivity contribution in [2.45, 2.75) is 25.7 Å². The minimum absolute atomic E-state index is 0.113. The molecule has 2 heterocycles. The van der Waals surface area contributed by atoms with Gasteiger partial charge in [-0.2, -0.15) is 5.26 Å². The Morgan fingerprint density at radius 3 is 2.88 bits per heavy atom. The van der Waals surface area contributed by atoms with Crippen LogP contribution in [0.4, 0.5) is 5.00 Å². The first-order chi connectivity index (χ1) is 12.6. The molecule has 2 aromatic heterocycles. The van der Waals surface area contributed by atoms with Crippen molar-refractivity contribution in [1.29, 1.82) is 5.26 Å². The zero-order valence-electron chi connectivity index (χ0n) is 13.7. The fourth-order valence-electron chi connectivity index (χ4n) is 3.20. The molecule has 0 unspecified atom stereocenters. The molecule has 4 rings (SSSR count). The molecule has 1 aromatic carbocycles. The van der Waals surface area contributed by atoms with Gasteiger partial charge in [-0.25, -0.2) is 4.99 Å². The number of halogens is 1. The van der Waals surface area contributed by atoms with E-state index in [0.717, 1.165) is 31.2 Å². The maximum atomic E-state index is 11.9. The van der Waals surface area contributed by atoms with Crippen molar-refractivity contribution in [1.82, 2.24) is 0 Å². The maximum absolute atomic E-state index is 11.9. The van der Waals surface area contributed by atoms with Gasteiger partial charge in [0.05, 0.1) is 5.56 Å². The van der Waals surface area contributed by atoms with E-state index in [1.165, 1.54) is 16.2 Å². The highest BCUT2D eigenvalue weighted by Crippen LogP contribution is 2.39. The summed E-state index contributed by atoms with van der Waals surface area (Å²) in [6.45, 7) is 0. The van der Waals surface area contributed by atoms with Gasteiger partial charge in [-0.05, 0) is 55.5 Å². The average Bonchev–Trinajstić information content (AvgIpc) is 2.98. The maximum Gasteiger partial charge on any atom is 0.254 e. The van der Waals surface area contributed by atoms with Gasteiger partial charge in [-0.3, -0.25) is 4.79 Å². The highest BCUT2D eigenvalue weighted by molar-refractivity contribution is 7.16. The number of hydrogen-bond donors (Lipinski definition) is 1. The quantitative estimate of drug-likeness (QED) is 0.717. The number of carbonyl (C=O) groups is 1. The molecule has 0 saturated heterocycles. The SMILES string of the molecule is N#Cc1c(/N=c2\oc3ccc(Cl)cc3cc2C(N)=O)sc2c1CCCC2. The van der Waals surface area contributed by atoms with Gasteiger partial charge in [0.1, 0.15) is 22.2 Å². The van der Waals surface area contributed by atoms with E-state index < -0.39 is 5.91 Å². The first-order valence-corrected chi connectivity index (χ1v) is 9.39. The van der Waals surface area contributed by atoms with Crippen LogP contribution in [0.25, 0.3) is 11.0 Å². The van der Waals surface area contributed by atoms with Crippen molar-refractivity contribution in [3.63, 3.8) is 0 Å². The van der Waals surface area contributed by atoms with Crippen LogP contribution in [-0.4, -0.2) is 5.91 Å². The van der Waals surface area contributed by atoms with Crippen LogP contribution in [0, 0.1) is 11.3 Å². The van der Waals surface area contributed by atoms with Crippen molar-refractivity contribution >= 4 is 44.8 Å². The Morgan fingerprint density at radius 2 is 2.12 bits per heavy atom. The smallest absolute Gasteiger partial charge is 0.254 e. The molecule has 7 heteroatoms. The van der Waals surface area contributed by atoms with Crippen molar-refractivity contribution in [2.75, 3.05) is 0 Å². The van der Waals surface area contributed by atoms with Crippen LogP contribution >= 0.6 is 22.9 Å². The standard InChI is InChI=1S/C19H14ClN3O2S/c20-11-5-6-15-10(7-11)8-13(17(22)24)18(25-15)23-19-14(9-21)12-3-1-2-4-16(12)26-19/h5-8H,1-4H2,(H2,22,24)/b23-18-. The third-order valence-electron chi connectivity index (χ3n) is 4.44. The summed E-state index contributed by atoms with van der Waals surface area (Å²) in [5.41, 5.74) is 7.98. The predicted molar refractivity (Wildman–Crippen MR) is 101 cm³/mol. The van der Waals surface area contributed by atoms with Crippen LogP contribution in [0.15, 0.2) is 33.7 Å². The molecular formula is C19H14ClN3O2S. The van der Waals surface area contributed by atoms with Gasteiger partial charge < -0.3 is 10.2 Å². The van der Waals surface area contributed by atoms with Crippen molar-refractivity contribution < 1.29 is 9.21 Å². The minimum Gasteiger partial charge on any atom is -0.437 e. The topological polar surface area (TPSA) is 92.4 Å². The summed E-state index contributed by atoms with van der Waals surface area (Å²) in [5, 5.41) is 11.3. The second kappa shape index (κ2) is 6.60. The number of nitrogens with two attached hydrogens (primary N) is 1. The molecule has 0 radical (unpaired) electrons. The largest absolute Gasteiger partial charge is 0.437 e. The van der Waals surface area contributed by atoms with E-state index in [1.54, 1.807) is 24.3 Å². The summed E-state index contributed by atoms with van der Waals surface area (Å²) < 4.78 is 5.82. The van der Waals surface area contributed by atoms with Crippen LogP contribution in [-0.2, 0) is 12.8 Å². The molecule has 1 amide bonds. The number of aryl methyl sites for hydroxylation is 1. The molecule has 0 fully saturated rings. The normalized spacial score (nSPS) is 14.2. The minimum atomic E-state index is -0.644.